The van der Waals surface area contributed by atoms with Crippen LogP contribution in [0, 0.1) is 5.82 Å². The summed E-state index contributed by atoms with van der Waals surface area (Å²) in [6, 6.07) is 3.95. The number of nitrogens with zero attached hydrogens (tertiary/aromatic N) is 3. The third kappa shape index (κ3) is 1.88. The minimum Gasteiger partial charge on any atom is -0.287 e. The highest BCUT2D eigenvalue weighted by molar-refractivity contribution is 9.10. The van der Waals surface area contributed by atoms with Gasteiger partial charge in [0.05, 0.1) is 6.20 Å². The molecule has 0 radical (unpaired) electrons. The van der Waals surface area contributed by atoms with E-state index < -0.39 is 5.82 Å². The van der Waals surface area contributed by atoms with Crippen LogP contribution in [0.5, 0.6) is 0 Å². The first kappa shape index (κ1) is 10.9. The van der Waals surface area contributed by atoms with E-state index in [2.05, 4.69) is 26.2 Å². The zero-order valence-corrected chi connectivity index (χ0v) is 9.90. The maximum absolute atomic E-state index is 13.0. The second-order valence-corrected chi connectivity index (χ2v) is 4.05. The van der Waals surface area contributed by atoms with Crippen molar-refractivity contribution < 1.29 is 9.18 Å². The van der Waals surface area contributed by atoms with Crippen molar-refractivity contribution in [1.29, 1.82) is 0 Å². The molecule has 4 nitrogen and oxygen atoms in total. The van der Waals surface area contributed by atoms with Crippen LogP contribution in [-0.2, 0) is 7.05 Å². The fourth-order valence-corrected chi connectivity index (χ4v) is 1.73. The Balaban J connectivity index is 2.49. The summed E-state index contributed by atoms with van der Waals surface area (Å²) < 4.78 is 14.9. The van der Waals surface area contributed by atoms with Crippen LogP contribution in [0.25, 0.3) is 0 Å². The van der Waals surface area contributed by atoms with Crippen LogP contribution < -0.4 is 0 Å². The SMILES string of the molecule is Cn1nncc1C(=O)c1cc(F)ccc1Br. The van der Waals surface area contributed by atoms with Gasteiger partial charge in [-0.15, -0.1) is 5.10 Å². The molecule has 1 heterocycles. The highest BCUT2D eigenvalue weighted by Gasteiger charge is 2.16. The maximum Gasteiger partial charge on any atom is 0.213 e. The van der Waals surface area contributed by atoms with Gasteiger partial charge in [-0.05, 0) is 18.2 Å². The van der Waals surface area contributed by atoms with Crippen LogP contribution in [0.3, 0.4) is 0 Å². The Kier molecular flexibility index (Phi) is 2.82. The Hall–Kier alpha value is -1.56. The summed E-state index contributed by atoms with van der Waals surface area (Å²) in [6.45, 7) is 0. The molecule has 0 aliphatic carbocycles. The van der Waals surface area contributed by atoms with Gasteiger partial charge in [-0.25, -0.2) is 9.07 Å². The van der Waals surface area contributed by atoms with Gasteiger partial charge in [0.1, 0.15) is 11.5 Å². The van der Waals surface area contributed by atoms with Gasteiger partial charge in [0, 0.05) is 17.1 Å². The Labute approximate surface area is 99.2 Å². The molecule has 0 atom stereocenters. The topological polar surface area (TPSA) is 47.8 Å². The predicted octanol–water partition coefficient (Wildman–Crippen LogP) is 1.95. The number of hydrogen-bond donors (Lipinski definition) is 0. The summed E-state index contributed by atoms with van der Waals surface area (Å²) in [6.07, 6.45) is 1.35. The highest BCUT2D eigenvalue weighted by atomic mass is 79.9. The molecule has 2 rings (SSSR count). The Bertz CT molecular complexity index is 553. The number of aryl methyl sites for hydroxylation is 1. The summed E-state index contributed by atoms with van der Waals surface area (Å²) in [5.41, 5.74) is 0.566. The molecule has 0 unspecified atom stereocenters. The van der Waals surface area contributed by atoms with Crippen molar-refractivity contribution in [2.45, 2.75) is 0 Å². The summed E-state index contributed by atoms with van der Waals surface area (Å²) >= 11 is 3.20. The van der Waals surface area contributed by atoms with Gasteiger partial charge in [0.15, 0.2) is 0 Å². The molecular weight excluding hydrogens is 277 g/mol. The van der Waals surface area contributed by atoms with Crippen LogP contribution in [0.2, 0.25) is 0 Å². The molecule has 0 bridgehead atoms. The third-order valence-electron chi connectivity index (χ3n) is 2.12. The highest BCUT2D eigenvalue weighted by Crippen LogP contribution is 2.20. The van der Waals surface area contributed by atoms with Gasteiger partial charge in [0.25, 0.3) is 0 Å². The van der Waals surface area contributed by atoms with Gasteiger partial charge in [-0.2, -0.15) is 0 Å². The molecule has 82 valence electrons. The number of rotatable bonds is 2. The fourth-order valence-electron chi connectivity index (χ4n) is 1.30. The van der Waals surface area contributed by atoms with Gasteiger partial charge >= 0.3 is 0 Å². The molecule has 16 heavy (non-hydrogen) atoms. The number of ketones is 1. The first-order valence-electron chi connectivity index (χ1n) is 4.44. The largest absolute Gasteiger partial charge is 0.287 e. The van der Waals surface area contributed by atoms with Gasteiger partial charge in [-0.3, -0.25) is 4.79 Å². The van der Waals surface area contributed by atoms with Crippen molar-refractivity contribution in [3.8, 4) is 0 Å². The van der Waals surface area contributed by atoms with Crippen LogP contribution >= 0.6 is 15.9 Å². The molecule has 1 aromatic heterocycles. The molecule has 0 saturated carbocycles. The van der Waals surface area contributed by atoms with Crippen molar-refractivity contribution in [3.05, 3.63) is 45.9 Å². The quantitative estimate of drug-likeness (QED) is 0.792. The number of hydrogen-bond acceptors (Lipinski definition) is 3. The second-order valence-electron chi connectivity index (χ2n) is 3.20. The Morgan fingerprint density at radius 2 is 2.25 bits per heavy atom. The molecule has 2 aromatic rings. The molecule has 1 aromatic carbocycles. The third-order valence-corrected chi connectivity index (χ3v) is 2.81. The first-order chi connectivity index (χ1) is 7.59. The van der Waals surface area contributed by atoms with Crippen molar-refractivity contribution in [3.63, 3.8) is 0 Å². The first-order valence-corrected chi connectivity index (χ1v) is 5.23. The van der Waals surface area contributed by atoms with Crippen LogP contribution in [0.15, 0.2) is 28.9 Å². The second kappa shape index (κ2) is 4.13. The van der Waals surface area contributed by atoms with E-state index in [1.54, 1.807) is 7.05 Å². The minimum atomic E-state index is -0.457. The van der Waals surface area contributed by atoms with Crippen molar-refractivity contribution in [2.24, 2.45) is 7.05 Å². The lowest BCUT2D eigenvalue weighted by atomic mass is 10.1. The number of benzene rings is 1. The van der Waals surface area contributed by atoms with Crippen LogP contribution in [-0.4, -0.2) is 20.8 Å². The number of halogens is 2. The van der Waals surface area contributed by atoms with Crippen LogP contribution in [0.4, 0.5) is 4.39 Å². The molecule has 0 fully saturated rings. The average molecular weight is 284 g/mol. The van der Waals surface area contributed by atoms with E-state index in [1.807, 2.05) is 0 Å². The zero-order chi connectivity index (χ0) is 11.7. The van der Waals surface area contributed by atoms with E-state index in [9.17, 15) is 9.18 Å². The van der Waals surface area contributed by atoms with Gasteiger partial charge < -0.3 is 0 Å². The Morgan fingerprint density at radius 3 is 2.88 bits per heavy atom. The molecule has 0 N–H and O–H groups in total. The molecule has 0 aliphatic heterocycles. The monoisotopic (exact) mass is 283 g/mol. The minimum absolute atomic E-state index is 0.255. The summed E-state index contributed by atoms with van der Waals surface area (Å²) in [7, 11) is 1.60. The molecule has 0 amide bonds. The average Bonchev–Trinajstić information content (AvgIpc) is 2.67. The molecular formula is C10H7BrFN3O. The van der Waals surface area contributed by atoms with E-state index >= 15 is 0 Å². The van der Waals surface area contributed by atoms with E-state index in [1.165, 1.54) is 29.1 Å². The number of carbonyl (C=O) groups excluding carboxylic acids is 1. The number of carbonyl (C=O) groups is 1. The van der Waals surface area contributed by atoms with Crippen molar-refractivity contribution in [2.75, 3.05) is 0 Å². The summed E-state index contributed by atoms with van der Waals surface area (Å²) in [5.74, 6) is -0.777. The van der Waals surface area contributed by atoms with E-state index in [4.69, 9.17) is 0 Å². The van der Waals surface area contributed by atoms with E-state index in [0.29, 0.717) is 10.2 Å². The summed E-state index contributed by atoms with van der Waals surface area (Å²) in [4.78, 5) is 12.0. The lowest BCUT2D eigenvalue weighted by molar-refractivity contribution is 0.102. The molecule has 0 aliphatic rings. The lowest BCUT2D eigenvalue weighted by Gasteiger charge is -2.03. The molecule has 0 saturated heterocycles. The molecule has 0 spiro atoms. The van der Waals surface area contributed by atoms with E-state index in [-0.39, 0.29) is 11.3 Å². The summed E-state index contributed by atoms with van der Waals surface area (Å²) in [5, 5.41) is 7.26. The van der Waals surface area contributed by atoms with E-state index in [0.717, 1.165) is 0 Å². The lowest BCUT2D eigenvalue weighted by Crippen LogP contribution is -2.09. The predicted molar refractivity (Wildman–Crippen MR) is 58.5 cm³/mol. The normalized spacial score (nSPS) is 10.4. The van der Waals surface area contributed by atoms with Crippen molar-refractivity contribution >= 4 is 21.7 Å². The smallest absolute Gasteiger partial charge is 0.213 e. The van der Waals surface area contributed by atoms with Crippen LogP contribution in [0.1, 0.15) is 16.1 Å². The zero-order valence-electron chi connectivity index (χ0n) is 8.32. The van der Waals surface area contributed by atoms with Gasteiger partial charge in [0.2, 0.25) is 5.78 Å². The Morgan fingerprint density at radius 1 is 1.50 bits per heavy atom. The molecule has 6 heteroatoms. The van der Waals surface area contributed by atoms with Crippen molar-refractivity contribution in [1.82, 2.24) is 15.0 Å². The van der Waals surface area contributed by atoms with Gasteiger partial charge in [-0.1, -0.05) is 21.1 Å². The number of aromatic nitrogens is 3. The maximum atomic E-state index is 13.0. The fraction of sp³-hybridized carbons (Fsp3) is 0.100. The standard InChI is InChI=1S/C10H7BrFN3O/c1-15-9(5-13-14-15)10(16)7-4-6(12)2-3-8(7)11/h2-5H,1H3.